The molecule has 16 heavy (non-hydrogen) atoms. The topological polar surface area (TPSA) is 4.93 Å². The van der Waals surface area contributed by atoms with Crippen LogP contribution in [0.4, 0.5) is 30.8 Å². The van der Waals surface area contributed by atoms with Gasteiger partial charge in [-0.1, -0.05) is 4.48 Å². The fraction of sp³-hybridized carbons (Fsp3) is 0. The first-order valence-electron chi connectivity index (χ1n) is 3.75. The van der Waals surface area contributed by atoms with Crippen LogP contribution in [0.5, 0.6) is 0 Å². The van der Waals surface area contributed by atoms with E-state index in [2.05, 4.69) is 0 Å². The van der Waals surface area contributed by atoms with Crippen molar-refractivity contribution in [2.45, 2.75) is 0 Å². The molecule has 0 saturated heterocycles. The van der Waals surface area contributed by atoms with Gasteiger partial charge >= 0.3 is 0 Å². The van der Waals surface area contributed by atoms with Crippen molar-refractivity contribution in [1.82, 2.24) is 4.79 Å². The van der Waals surface area contributed by atoms with E-state index in [4.69, 9.17) is 0 Å². The van der Waals surface area contributed by atoms with Gasteiger partial charge in [-0.15, -0.1) is 4.79 Å². The Hall–Kier alpha value is -1.73. The number of rotatable bonds is 0. The maximum Gasteiger partial charge on any atom is 0.259 e. The highest BCUT2D eigenvalue weighted by Gasteiger charge is 2.30. The minimum Gasteiger partial charge on any atom is -0.203 e. The highest BCUT2D eigenvalue weighted by molar-refractivity contribution is 5.82. The van der Waals surface area contributed by atoms with Crippen molar-refractivity contribution in [3.05, 3.63) is 35.0 Å². The molecule has 0 radical (unpaired) electrons. The number of aromatic nitrogens is 1. The molecule has 0 bridgehead atoms. The highest BCUT2D eigenvalue weighted by atomic mass is 19.2. The monoisotopic (exact) mass is 243 g/mol. The zero-order valence-corrected chi connectivity index (χ0v) is 7.09. The Kier molecular flexibility index (Phi) is 2.11. The second-order valence-corrected chi connectivity index (χ2v) is 2.87. The maximum absolute atomic E-state index is 12.9. The maximum atomic E-state index is 12.9. The van der Waals surface area contributed by atoms with E-state index in [1.807, 2.05) is 0 Å². The average molecular weight is 243 g/mol. The summed E-state index contributed by atoms with van der Waals surface area (Å²) in [5, 5.41) is -1.61. The van der Waals surface area contributed by atoms with Gasteiger partial charge in [-0.05, 0) is 0 Å². The molecule has 0 aliphatic carbocycles. The van der Waals surface area contributed by atoms with E-state index in [0.29, 0.717) is 0 Å². The molecule has 0 amide bonds. The molecular weight excluding hydrogens is 243 g/mol. The Labute approximate surface area is 82.6 Å². The van der Waals surface area contributed by atoms with Gasteiger partial charge in [0.15, 0.2) is 29.1 Å². The fourth-order valence-corrected chi connectivity index (χ4v) is 1.29. The second kappa shape index (κ2) is 3.13. The van der Waals surface area contributed by atoms with Crippen LogP contribution in [-0.2, 0) is 0 Å². The molecular formula is C8F7N. The molecule has 2 rings (SSSR count). The summed E-state index contributed by atoms with van der Waals surface area (Å²) >= 11 is 0. The van der Waals surface area contributed by atoms with Crippen molar-refractivity contribution in [1.29, 1.82) is 0 Å². The summed E-state index contributed by atoms with van der Waals surface area (Å²) in [7, 11) is 0. The van der Waals surface area contributed by atoms with E-state index in [1.165, 1.54) is 0 Å². The molecule has 1 aromatic carbocycles. The standard InChI is InChI=1S/C8F7N/c9-2-1-3(10)8(14)16(15)7(1)6(13)5(12)4(2)11. The van der Waals surface area contributed by atoms with Crippen molar-refractivity contribution in [2.24, 2.45) is 0 Å². The number of halogens is 7. The predicted octanol–water partition coefficient (Wildman–Crippen LogP) is 3.21. The largest absolute Gasteiger partial charge is 0.259 e. The van der Waals surface area contributed by atoms with Crippen molar-refractivity contribution < 1.29 is 30.8 Å². The molecule has 0 aliphatic heterocycles. The summed E-state index contributed by atoms with van der Waals surface area (Å²) in [4.78, 5) is -1.23. The van der Waals surface area contributed by atoms with E-state index >= 15 is 0 Å². The Morgan fingerprint density at radius 2 is 1.12 bits per heavy atom. The highest BCUT2D eigenvalue weighted by Crippen LogP contribution is 2.31. The summed E-state index contributed by atoms with van der Waals surface area (Å²) in [5.74, 6) is -13.5. The van der Waals surface area contributed by atoms with Crippen molar-refractivity contribution in [3.8, 4) is 0 Å². The molecule has 0 atom stereocenters. The van der Waals surface area contributed by atoms with Crippen LogP contribution in [0.2, 0.25) is 0 Å². The Morgan fingerprint density at radius 1 is 0.625 bits per heavy atom. The molecule has 0 fully saturated rings. The molecule has 2 aromatic rings. The molecule has 1 aromatic heterocycles. The minimum absolute atomic E-state index is 1.23. The fourth-order valence-electron chi connectivity index (χ4n) is 1.29. The molecule has 1 heterocycles. The predicted molar refractivity (Wildman–Crippen MR) is 38.2 cm³/mol. The molecule has 1 nitrogen and oxygen atoms in total. The van der Waals surface area contributed by atoms with Crippen LogP contribution in [0, 0.1) is 35.0 Å². The van der Waals surface area contributed by atoms with E-state index in [-0.39, 0.29) is 0 Å². The molecule has 0 unspecified atom stereocenters. The molecule has 0 N–H and O–H groups in total. The smallest absolute Gasteiger partial charge is 0.203 e. The van der Waals surface area contributed by atoms with Gasteiger partial charge in [-0.2, -0.15) is 4.39 Å². The second-order valence-electron chi connectivity index (χ2n) is 2.87. The van der Waals surface area contributed by atoms with Gasteiger partial charge < -0.3 is 0 Å². The van der Waals surface area contributed by atoms with Crippen molar-refractivity contribution in [2.75, 3.05) is 0 Å². The van der Waals surface area contributed by atoms with Gasteiger partial charge in [-0.25, -0.2) is 22.0 Å². The van der Waals surface area contributed by atoms with Gasteiger partial charge in [-0.3, -0.25) is 0 Å². The lowest BCUT2D eigenvalue weighted by molar-refractivity contribution is 0.293. The van der Waals surface area contributed by atoms with Crippen LogP contribution < -0.4 is 0 Å². The van der Waals surface area contributed by atoms with Crippen LogP contribution >= 0.6 is 0 Å². The van der Waals surface area contributed by atoms with E-state index in [9.17, 15) is 30.8 Å². The van der Waals surface area contributed by atoms with Crippen LogP contribution in [0.1, 0.15) is 0 Å². The van der Waals surface area contributed by atoms with E-state index < -0.39 is 50.7 Å². The third-order valence-electron chi connectivity index (χ3n) is 2.01. The first-order chi connectivity index (χ1) is 7.37. The number of hydrogen-bond donors (Lipinski definition) is 0. The van der Waals surface area contributed by atoms with Crippen molar-refractivity contribution in [3.63, 3.8) is 0 Å². The average Bonchev–Trinajstić information content (AvgIpc) is 2.48. The summed E-state index contributed by atoms with van der Waals surface area (Å²) in [6.07, 6.45) is 0. The quantitative estimate of drug-likeness (QED) is 0.380. The lowest BCUT2D eigenvalue weighted by Gasteiger charge is -2.00. The molecule has 0 aliphatic rings. The minimum atomic E-state index is -2.35. The number of hydrogen-bond acceptors (Lipinski definition) is 0. The Bertz CT molecular complexity index is 550. The zero-order valence-electron chi connectivity index (χ0n) is 7.09. The number of nitrogens with zero attached hydrogens (tertiary/aromatic N) is 1. The molecule has 8 heteroatoms. The molecule has 0 saturated carbocycles. The van der Waals surface area contributed by atoms with E-state index in [1.54, 1.807) is 0 Å². The third-order valence-corrected chi connectivity index (χ3v) is 2.01. The SMILES string of the molecule is Fc1c(F)c(F)c2c(c1F)c(F)c(F)n2F. The lowest BCUT2D eigenvalue weighted by Crippen LogP contribution is -1.99. The molecule has 86 valence electrons. The summed E-state index contributed by atoms with van der Waals surface area (Å²) in [6.45, 7) is 0. The lowest BCUT2D eigenvalue weighted by atomic mass is 10.2. The Balaban J connectivity index is 3.15. The van der Waals surface area contributed by atoms with E-state index in [0.717, 1.165) is 0 Å². The summed E-state index contributed by atoms with van der Waals surface area (Å²) in [6, 6.07) is 0. The first kappa shape index (κ1) is 10.8. The normalized spacial score (nSPS) is 11.4. The Morgan fingerprint density at radius 3 is 1.69 bits per heavy atom. The van der Waals surface area contributed by atoms with Crippen molar-refractivity contribution >= 4 is 10.9 Å². The number of benzene rings is 1. The zero-order chi connectivity index (χ0) is 12.2. The van der Waals surface area contributed by atoms with Crippen LogP contribution in [0.3, 0.4) is 0 Å². The van der Waals surface area contributed by atoms with Crippen LogP contribution in [0.15, 0.2) is 0 Å². The third kappa shape index (κ3) is 1.06. The molecule has 0 spiro atoms. The first-order valence-corrected chi connectivity index (χ1v) is 3.75. The van der Waals surface area contributed by atoms with Gasteiger partial charge in [0.1, 0.15) is 5.52 Å². The van der Waals surface area contributed by atoms with Gasteiger partial charge in [0.2, 0.25) is 0 Å². The summed E-state index contributed by atoms with van der Waals surface area (Å²) in [5.41, 5.74) is -1.66. The van der Waals surface area contributed by atoms with Gasteiger partial charge in [0.05, 0.1) is 5.39 Å². The van der Waals surface area contributed by atoms with Gasteiger partial charge in [0, 0.05) is 0 Å². The van der Waals surface area contributed by atoms with Crippen LogP contribution in [0.25, 0.3) is 10.9 Å². The number of fused-ring (bicyclic) bond motifs is 1. The summed E-state index contributed by atoms with van der Waals surface area (Å²) < 4.78 is 89.3. The van der Waals surface area contributed by atoms with Gasteiger partial charge in [0.25, 0.3) is 5.95 Å². The van der Waals surface area contributed by atoms with Crippen LogP contribution in [-0.4, -0.2) is 4.79 Å².